The van der Waals surface area contributed by atoms with E-state index in [9.17, 15) is 9.59 Å². The molecule has 0 aliphatic heterocycles. The van der Waals surface area contributed by atoms with Gasteiger partial charge in [0.05, 0.1) is 18.2 Å². The predicted molar refractivity (Wildman–Crippen MR) is 97.1 cm³/mol. The summed E-state index contributed by atoms with van der Waals surface area (Å²) in [5.41, 5.74) is 1.61. The number of anilines is 1. The standard InChI is InChI=1S/C19H20ClNO4/c1-4-21(17-7-5-6-16(20)12-17)13(2)25-19(23)15-10-8-14(9-11-15)18(22)24-3/h5-13H,4H2,1-3H3. The maximum atomic E-state index is 12.3. The average Bonchev–Trinajstić information content (AvgIpc) is 2.61. The van der Waals surface area contributed by atoms with E-state index in [2.05, 4.69) is 4.74 Å². The summed E-state index contributed by atoms with van der Waals surface area (Å²) in [5, 5.41) is 0.618. The van der Waals surface area contributed by atoms with Crippen LogP contribution in [-0.4, -0.2) is 31.8 Å². The summed E-state index contributed by atoms with van der Waals surface area (Å²) in [4.78, 5) is 25.7. The Morgan fingerprint density at radius 1 is 1.08 bits per heavy atom. The molecule has 0 heterocycles. The van der Waals surface area contributed by atoms with Crippen LogP contribution >= 0.6 is 11.6 Å². The molecule has 0 fully saturated rings. The molecule has 0 saturated carbocycles. The third-order valence-electron chi connectivity index (χ3n) is 3.74. The van der Waals surface area contributed by atoms with E-state index >= 15 is 0 Å². The molecule has 0 spiro atoms. The first kappa shape index (κ1) is 18.8. The minimum Gasteiger partial charge on any atom is -0.465 e. The third-order valence-corrected chi connectivity index (χ3v) is 3.97. The van der Waals surface area contributed by atoms with Crippen LogP contribution in [0.3, 0.4) is 0 Å². The van der Waals surface area contributed by atoms with Gasteiger partial charge < -0.3 is 14.4 Å². The summed E-state index contributed by atoms with van der Waals surface area (Å²) >= 11 is 6.03. The molecule has 0 aliphatic carbocycles. The molecule has 0 N–H and O–H groups in total. The van der Waals surface area contributed by atoms with Gasteiger partial charge in [-0.3, -0.25) is 0 Å². The van der Waals surface area contributed by atoms with Crippen molar-refractivity contribution in [3.63, 3.8) is 0 Å². The van der Waals surface area contributed by atoms with Gasteiger partial charge in [0.1, 0.15) is 0 Å². The lowest BCUT2D eigenvalue weighted by Crippen LogP contribution is -2.36. The highest BCUT2D eigenvalue weighted by Gasteiger charge is 2.19. The molecule has 2 aromatic rings. The summed E-state index contributed by atoms with van der Waals surface area (Å²) in [5.74, 6) is -0.921. The lowest BCUT2D eigenvalue weighted by Gasteiger charge is -2.29. The lowest BCUT2D eigenvalue weighted by molar-refractivity contribution is 0.0335. The Morgan fingerprint density at radius 3 is 2.20 bits per heavy atom. The molecule has 5 nitrogen and oxygen atoms in total. The Hall–Kier alpha value is -2.53. The number of nitrogens with zero attached hydrogens (tertiary/aromatic N) is 1. The molecule has 0 saturated heterocycles. The van der Waals surface area contributed by atoms with E-state index in [4.69, 9.17) is 16.3 Å². The van der Waals surface area contributed by atoms with Crippen LogP contribution in [0, 0.1) is 0 Å². The summed E-state index contributed by atoms with van der Waals surface area (Å²) in [7, 11) is 1.31. The van der Waals surface area contributed by atoms with Crippen LogP contribution < -0.4 is 4.90 Å². The van der Waals surface area contributed by atoms with Crippen molar-refractivity contribution < 1.29 is 19.1 Å². The monoisotopic (exact) mass is 361 g/mol. The van der Waals surface area contributed by atoms with Crippen LogP contribution in [0.15, 0.2) is 48.5 Å². The SMILES string of the molecule is CCN(c1cccc(Cl)c1)C(C)OC(=O)c1ccc(C(=O)OC)cc1. The summed E-state index contributed by atoms with van der Waals surface area (Å²) in [6.45, 7) is 4.41. The minimum absolute atomic E-state index is 0.363. The fourth-order valence-electron chi connectivity index (χ4n) is 2.45. The van der Waals surface area contributed by atoms with E-state index in [1.54, 1.807) is 13.0 Å². The van der Waals surface area contributed by atoms with Gasteiger partial charge in [0.2, 0.25) is 0 Å². The second-order valence-electron chi connectivity index (χ2n) is 5.34. The number of carbonyl (C=O) groups is 2. The van der Waals surface area contributed by atoms with Gasteiger partial charge in [-0.25, -0.2) is 9.59 Å². The number of esters is 2. The zero-order valence-electron chi connectivity index (χ0n) is 14.4. The van der Waals surface area contributed by atoms with E-state index in [-0.39, 0.29) is 0 Å². The largest absolute Gasteiger partial charge is 0.465 e. The summed E-state index contributed by atoms with van der Waals surface area (Å²) in [6.07, 6.45) is -0.476. The Bertz CT molecular complexity index is 745. The van der Waals surface area contributed by atoms with Gasteiger partial charge in [0, 0.05) is 17.3 Å². The van der Waals surface area contributed by atoms with Crippen molar-refractivity contribution in [2.75, 3.05) is 18.6 Å². The van der Waals surface area contributed by atoms with Crippen molar-refractivity contribution in [2.45, 2.75) is 20.1 Å². The van der Waals surface area contributed by atoms with Gasteiger partial charge >= 0.3 is 11.9 Å². The van der Waals surface area contributed by atoms with Gasteiger partial charge in [0.15, 0.2) is 6.23 Å². The molecule has 25 heavy (non-hydrogen) atoms. The lowest BCUT2D eigenvalue weighted by atomic mass is 10.1. The van der Waals surface area contributed by atoms with Crippen molar-refractivity contribution >= 4 is 29.2 Å². The van der Waals surface area contributed by atoms with E-state index < -0.39 is 18.2 Å². The number of rotatable bonds is 6. The fraction of sp³-hybridized carbons (Fsp3) is 0.263. The van der Waals surface area contributed by atoms with Gasteiger partial charge in [0.25, 0.3) is 0 Å². The van der Waals surface area contributed by atoms with Crippen molar-refractivity contribution in [1.29, 1.82) is 0 Å². The predicted octanol–water partition coefficient (Wildman–Crippen LogP) is 4.16. The number of hydrogen-bond donors (Lipinski definition) is 0. The number of methoxy groups -OCH3 is 1. The van der Waals surface area contributed by atoms with E-state index in [0.29, 0.717) is 22.7 Å². The van der Waals surface area contributed by atoms with Gasteiger partial charge in [-0.2, -0.15) is 0 Å². The van der Waals surface area contributed by atoms with Gasteiger partial charge in [-0.1, -0.05) is 17.7 Å². The smallest absolute Gasteiger partial charge is 0.340 e. The second-order valence-corrected chi connectivity index (χ2v) is 5.78. The third kappa shape index (κ3) is 4.73. The molecule has 0 bridgehead atoms. The van der Waals surface area contributed by atoms with E-state index in [0.717, 1.165) is 5.69 Å². The number of halogens is 1. The zero-order chi connectivity index (χ0) is 18.4. The molecular weight excluding hydrogens is 342 g/mol. The van der Waals surface area contributed by atoms with Crippen LogP contribution in [0.5, 0.6) is 0 Å². The van der Waals surface area contributed by atoms with Crippen molar-refractivity contribution in [2.24, 2.45) is 0 Å². The Kier molecular flexibility index (Phi) is 6.42. The van der Waals surface area contributed by atoms with Gasteiger partial charge in [-0.15, -0.1) is 0 Å². The summed E-state index contributed by atoms with van der Waals surface area (Å²) in [6, 6.07) is 13.5. The average molecular weight is 362 g/mol. The van der Waals surface area contributed by atoms with Crippen molar-refractivity contribution in [3.05, 3.63) is 64.7 Å². The molecular formula is C19H20ClNO4. The quantitative estimate of drug-likeness (QED) is 0.571. The number of hydrogen-bond acceptors (Lipinski definition) is 5. The Morgan fingerprint density at radius 2 is 1.68 bits per heavy atom. The van der Waals surface area contributed by atoms with E-state index in [1.807, 2.05) is 30.0 Å². The number of carbonyl (C=O) groups excluding carboxylic acids is 2. The summed E-state index contributed by atoms with van der Waals surface area (Å²) < 4.78 is 10.2. The maximum Gasteiger partial charge on any atom is 0.340 e. The molecule has 6 heteroatoms. The molecule has 0 aromatic heterocycles. The zero-order valence-corrected chi connectivity index (χ0v) is 15.1. The van der Waals surface area contributed by atoms with Crippen LogP contribution in [0.2, 0.25) is 5.02 Å². The highest BCUT2D eigenvalue weighted by atomic mass is 35.5. The molecule has 0 amide bonds. The first-order chi connectivity index (χ1) is 12.0. The second kappa shape index (κ2) is 8.53. The van der Waals surface area contributed by atoms with E-state index in [1.165, 1.54) is 31.4 Å². The first-order valence-corrected chi connectivity index (χ1v) is 8.25. The molecule has 132 valence electrons. The van der Waals surface area contributed by atoms with Gasteiger partial charge in [-0.05, 0) is 56.3 Å². The molecule has 1 atom stereocenters. The Labute approximate surface area is 152 Å². The first-order valence-electron chi connectivity index (χ1n) is 7.87. The molecule has 0 aliphatic rings. The number of ether oxygens (including phenoxy) is 2. The normalized spacial score (nSPS) is 11.5. The minimum atomic E-state index is -0.476. The molecule has 2 aromatic carbocycles. The highest BCUT2D eigenvalue weighted by Crippen LogP contribution is 2.22. The molecule has 1 unspecified atom stereocenters. The van der Waals surface area contributed by atoms with Crippen molar-refractivity contribution in [1.82, 2.24) is 0 Å². The molecule has 0 radical (unpaired) electrons. The van der Waals surface area contributed by atoms with Crippen LogP contribution in [0.4, 0.5) is 5.69 Å². The Balaban J connectivity index is 2.09. The van der Waals surface area contributed by atoms with Crippen molar-refractivity contribution in [3.8, 4) is 0 Å². The highest BCUT2D eigenvalue weighted by molar-refractivity contribution is 6.30. The van der Waals surface area contributed by atoms with Crippen LogP contribution in [0.25, 0.3) is 0 Å². The maximum absolute atomic E-state index is 12.3. The van der Waals surface area contributed by atoms with Crippen LogP contribution in [0.1, 0.15) is 34.6 Å². The number of benzene rings is 2. The molecule has 2 rings (SSSR count). The van der Waals surface area contributed by atoms with Crippen LogP contribution in [-0.2, 0) is 9.47 Å². The fourth-order valence-corrected chi connectivity index (χ4v) is 2.64. The topological polar surface area (TPSA) is 55.8 Å².